The van der Waals surface area contributed by atoms with Gasteiger partial charge in [-0.3, -0.25) is 9.00 Å². The van der Waals surface area contributed by atoms with Crippen molar-refractivity contribution < 1.29 is 13.7 Å². The summed E-state index contributed by atoms with van der Waals surface area (Å²) < 4.78 is 26.3. The van der Waals surface area contributed by atoms with E-state index < -0.39 is 10.8 Å². The normalized spacial score (nSPS) is 14.5. The number of aryl methyl sites for hydroxylation is 1. The van der Waals surface area contributed by atoms with Crippen molar-refractivity contribution in [1.29, 1.82) is 0 Å². The Morgan fingerprint density at radius 2 is 1.82 bits per heavy atom. The Morgan fingerprint density at radius 1 is 1.18 bits per heavy atom. The molecule has 0 amide bonds. The van der Waals surface area contributed by atoms with Gasteiger partial charge >= 0.3 is 0 Å². The maximum atomic E-state index is 13.1. The second kappa shape index (κ2) is 11.1. The SMILES string of the molecule is CC.O=c1c(N2CCS(=O)CC2)nc(CCCO)cn1Cc1ccc(F)cc1. The third kappa shape index (κ3) is 5.97. The molecule has 1 N–H and O–H groups in total. The van der Waals surface area contributed by atoms with Gasteiger partial charge in [-0.1, -0.05) is 26.0 Å². The van der Waals surface area contributed by atoms with Crippen LogP contribution >= 0.6 is 0 Å². The second-order valence-corrected chi connectivity index (χ2v) is 7.97. The van der Waals surface area contributed by atoms with Crippen LogP contribution in [-0.4, -0.2) is 50.1 Å². The van der Waals surface area contributed by atoms with E-state index in [9.17, 15) is 13.4 Å². The van der Waals surface area contributed by atoms with Gasteiger partial charge in [-0.05, 0) is 30.5 Å². The van der Waals surface area contributed by atoms with E-state index in [1.165, 1.54) is 12.1 Å². The van der Waals surface area contributed by atoms with Crippen LogP contribution in [0.5, 0.6) is 0 Å². The summed E-state index contributed by atoms with van der Waals surface area (Å²) in [5.41, 5.74) is 1.33. The van der Waals surface area contributed by atoms with Crippen molar-refractivity contribution >= 4 is 16.6 Å². The van der Waals surface area contributed by atoms with Crippen molar-refractivity contribution in [2.45, 2.75) is 33.2 Å². The Kier molecular flexibility index (Phi) is 8.79. The molecule has 1 fully saturated rings. The largest absolute Gasteiger partial charge is 0.396 e. The first kappa shape index (κ1) is 22.2. The highest BCUT2D eigenvalue weighted by molar-refractivity contribution is 7.85. The van der Waals surface area contributed by atoms with Crippen LogP contribution in [0.1, 0.15) is 31.5 Å². The quantitative estimate of drug-likeness (QED) is 0.789. The maximum absolute atomic E-state index is 13.1. The number of benzene rings is 1. The number of hydrogen-bond donors (Lipinski definition) is 1. The first-order valence-corrected chi connectivity index (χ1v) is 11.1. The molecule has 1 aromatic carbocycles. The standard InChI is InChI=1S/C18H22FN3O3S.C2H6/c19-15-5-3-14(4-6-15)12-22-13-16(2-1-9-23)20-17(18(22)24)21-7-10-26(25)11-8-21;1-2/h3-6,13,23H,1-2,7-12H2;1-2H3. The van der Waals surface area contributed by atoms with Gasteiger partial charge in [0.1, 0.15) is 5.82 Å². The van der Waals surface area contributed by atoms with Crippen LogP contribution in [0.25, 0.3) is 0 Å². The van der Waals surface area contributed by atoms with Crippen LogP contribution < -0.4 is 10.5 Å². The van der Waals surface area contributed by atoms with Crippen molar-refractivity contribution in [2.75, 3.05) is 36.1 Å². The molecule has 0 radical (unpaired) electrons. The van der Waals surface area contributed by atoms with Gasteiger partial charge in [0.05, 0.1) is 12.2 Å². The zero-order chi connectivity index (χ0) is 20.5. The van der Waals surface area contributed by atoms with Gasteiger partial charge in [0, 0.05) is 48.2 Å². The van der Waals surface area contributed by atoms with E-state index in [0.717, 1.165) is 11.3 Å². The predicted molar refractivity (Wildman–Crippen MR) is 111 cm³/mol. The van der Waals surface area contributed by atoms with Gasteiger partial charge in [-0.2, -0.15) is 0 Å². The number of aliphatic hydroxyl groups excluding tert-OH is 1. The molecule has 1 aliphatic rings. The molecular formula is C20H28FN3O3S. The highest BCUT2D eigenvalue weighted by Crippen LogP contribution is 2.12. The van der Waals surface area contributed by atoms with Crippen LogP contribution in [0.15, 0.2) is 35.3 Å². The zero-order valence-corrected chi connectivity index (χ0v) is 17.3. The minimum Gasteiger partial charge on any atom is -0.396 e. The molecule has 0 saturated carbocycles. The van der Waals surface area contributed by atoms with Crippen molar-refractivity contribution in [3.8, 4) is 0 Å². The molecule has 0 unspecified atom stereocenters. The third-order valence-electron chi connectivity index (χ3n) is 4.34. The maximum Gasteiger partial charge on any atom is 0.293 e. The number of halogens is 1. The van der Waals surface area contributed by atoms with Gasteiger partial charge in [-0.25, -0.2) is 9.37 Å². The van der Waals surface area contributed by atoms with Crippen LogP contribution in [0.2, 0.25) is 0 Å². The minimum absolute atomic E-state index is 0.0524. The molecule has 6 nitrogen and oxygen atoms in total. The van der Waals surface area contributed by atoms with Gasteiger partial charge < -0.3 is 14.6 Å². The first-order valence-electron chi connectivity index (χ1n) is 9.62. The fourth-order valence-electron chi connectivity index (χ4n) is 2.92. The van der Waals surface area contributed by atoms with E-state index in [-0.39, 0.29) is 18.0 Å². The van der Waals surface area contributed by atoms with Gasteiger partial charge in [0.15, 0.2) is 5.82 Å². The number of rotatable bonds is 6. The summed E-state index contributed by atoms with van der Waals surface area (Å²) in [4.78, 5) is 19.3. The summed E-state index contributed by atoms with van der Waals surface area (Å²) in [5, 5.41) is 9.08. The number of aromatic nitrogens is 2. The van der Waals surface area contributed by atoms with Crippen LogP contribution in [0, 0.1) is 5.82 Å². The molecule has 154 valence electrons. The molecular weight excluding hydrogens is 381 g/mol. The van der Waals surface area contributed by atoms with E-state index in [2.05, 4.69) is 4.98 Å². The summed E-state index contributed by atoms with van der Waals surface area (Å²) in [5.74, 6) is 1.10. The van der Waals surface area contributed by atoms with Crippen molar-refractivity contribution in [2.24, 2.45) is 0 Å². The Hall–Kier alpha value is -2.06. The lowest BCUT2D eigenvalue weighted by Crippen LogP contribution is -2.42. The Labute approximate surface area is 167 Å². The number of aliphatic hydroxyl groups is 1. The molecule has 0 spiro atoms. The highest BCUT2D eigenvalue weighted by Gasteiger charge is 2.21. The topological polar surface area (TPSA) is 75.4 Å². The average Bonchev–Trinajstić information content (AvgIpc) is 2.72. The van der Waals surface area contributed by atoms with E-state index in [0.29, 0.717) is 49.8 Å². The van der Waals surface area contributed by atoms with E-state index in [1.54, 1.807) is 22.9 Å². The zero-order valence-electron chi connectivity index (χ0n) is 16.4. The summed E-state index contributed by atoms with van der Waals surface area (Å²) in [6.07, 6.45) is 2.82. The Morgan fingerprint density at radius 3 is 2.43 bits per heavy atom. The monoisotopic (exact) mass is 409 g/mol. The molecule has 2 aromatic rings. The van der Waals surface area contributed by atoms with Gasteiger partial charge in [-0.15, -0.1) is 0 Å². The van der Waals surface area contributed by atoms with Crippen LogP contribution in [0.4, 0.5) is 10.2 Å². The fraction of sp³-hybridized carbons (Fsp3) is 0.500. The summed E-state index contributed by atoms with van der Waals surface area (Å²) in [6.45, 7) is 5.45. The van der Waals surface area contributed by atoms with Crippen molar-refractivity contribution in [1.82, 2.24) is 9.55 Å². The summed E-state index contributed by atoms with van der Waals surface area (Å²) in [7, 11) is -0.837. The second-order valence-electron chi connectivity index (χ2n) is 6.28. The Balaban J connectivity index is 0.00000136. The molecule has 28 heavy (non-hydrogen) atoms. The van der Waals surface area contributed by atoms with Crippen molar-refractivity contribution in [3.05, 3.63) is 57.9 Å². The van der Waals surface area contributed by atoms with Gasteiger partial charge in [0.25, 0.3) is 5.56 Å². The molecule has 0 atom stereocenters. The van der Waals surface area contributed by atoms with E-state index >= 15 is 0 Å². The lowest BCUT2D eigenvalue weighted by Gasteiger charge is -2.27. The van der Waals surface area contributed by atoms with Gasteiger partial charge in [0.2, 0.25) is 0 Å². The third-order valence-corrected chi connectivity index (χ3v) is 5.62. The van der Waals surface area contributed by atoms with Crippen molar-refractivity contribution in [3.63, 3.8) is 0 Å². The highest BCUT2D eigenvalue weighted by atomic mass is 32.2. The van der Waals surface area contributed by atoms with Crippen LogP contribution in [-0.2, 0) is 23.8 Å². The molecule has 1 aromatic heterocycles. The molecule has 1 saturated heterocycles. The molecule has 0 aliphatic carbocycles. The molecule has 3 rings (SSSR count). The first-order chi connectivity index (χ1) is 13.6. The average molecular weight is 410 g/mol. The molecule has 8 heteroatoms. The lowest BCUT2D eigenvalue weighted by atomic mass is 10.2. The summed E-state index contributed by atoms with van der Waals surface area (Å²) in [6, 6.07) is 6.04. The molecule has 1 aliphatic heterocycles. The van der Waals surface area contributed by atoms with E-state index in [1.807, 2.05) is 18.7 Å². The molecule has 2 heterocycles. The van der Waals surface area contributed by atoms with E-state index in [4.69, 9.17) is 5.11 Å². The number of nitrogens with zero attached hydrogens (tertiary/aromatic N) is 3. The predicted octanol–water partition coefficient (Wildman–Crippen LogP) is 1.95. The number of hydrogen-bond acceptors (Lipinski definition) is 5. The summed E-state index contributed by atoms with van der Waals surface area (Å²) >= 11 is 0. The van der Waals surface area contributed by atoms with Crippen LogP contribution in [0.3, 0.4) is 0 Å². The fourth-order valence-corrected chi connectivity index (χ4v) is 3.97. The minimum atomic E-state index is -0.837. The molecule has 0 bridgehead atoms. The lowest BCUT2D eigenvalue weighted by molar-refractivity contribution is 0.288. The Bertz CT molecular complexity index is 830. The number of anilines is 1. The smallest absolute Gasteiger partial charge is 0.293 e.